The largest absolute Gasteiger partial charge is 0.491 e. The van der Waals surface area contributed by atoms with Crippen LogP contribution in [0.3, 0.4) is 0 Å². The molecule has 2 N–H and O–H groups in total. The van der Waals surface area contributed by atoms with E-state index in [1.807, 2.05) is 12.1 Å². The van der Waals surface area contributed by atoms with Crippen molar-refractivity contribution in [2.45, 2.75) is 33.1 Å². The van der Waals surface area contributed by atoms with Crippen molar-refractivity contribution >= 4 is 22.9 Å². The van der Waals surface area contributed by atoms with Crippen LogP contribution in [-0.2, 0) is 0 Å². The molecule has 0 atom stereocenters. The maximum Gasteiger partial charge on any atom is 0.142 e. The van der Waals surface area contributed by atoms with Crippen LogP contribution in [0.15, 0.2) is 24.3 Å². The molecule has 0 spiro atoms. The van der Waals surface area contributed by atoms with Crippen LogP contribution in [-0.4, -0.2) is 24.7 Å². The summed E-state index contributed by atoms with van der Waals surface area (Å²) in [6.45, 7) is 7.10. The zero-order valence-electron chi connectivity index (χ0n) is 12.4. The first-order valence-corrected chi connectivity index (χ1v) is 7.68. The van der Waals surface area contributed by atoms with Crippen LogP contribution in [0.5, 0.6) is 5.75 Å². The summed E-state index contributed by atoms with van der Waals surface area (Å²) in [5.74, 6) is 0.999. The van der Waals surface area contributed by atoms with Gasteiger partial charge < -0.3 is 15.4 Å². The van der Waals surface area contributed by atoms with Gasteiger partial charge in [-0.3, -0.25) is 0 Å². The third kappa shape index (κ3) is 3.63. The first-order valence-electron chi connectivity index (χ1n) is 7.27. The summed E-state index contributed by atoms with van der Waals surface area (Å²) in [7, 11) is 0. The number of hydrogen-bond acceptors (Lipinski definition) is 3. The Balaban J connectivity index is 1.98. The molecule has 3 nitrogen and oxygen atoms in total. The zero-order chi connectivity index (χ0) is 14.6. The highest BCUT2D eigenvalue weighted by atomic mass is 32.1. The van der Waals surface area contributed by atoms with E-state index in [1.54, 1.807) is 0 Å². The minimum atomic E-state index is -0.0583. The van der Waals surface area contributed by atoms with Crippen LogP contribution < -0.4 is 15.4 Å². The second kappa shape index (κ2) is 6.44. The highest BCUT2D eigenvalue weighted by molar-refractivity contribution is 7.80. The molecule has 1 aromatic carbocycles. The lowest BCUT2D eigenvalue weighted by Gasteiger charge is -2.27. The molecule has 0 fully saturated rings. The van der Waals surface area contributed by atoms with Gasteiger partial charge in [0.1, 0.15) is 5.75 Å². The lowest BCUT2D eigenvalue weighted by Crippen LogP contribution is -2.32. The minimum absolute atomic E-state index is 0.0583. The number of anilines is 1. The van der Waals surface area contributed by atoms with Gasteiger partial charge >= 0.3 is 0 Å². The fraction of sp³-hybridized carbons (Fsp3) is 0.562. The normalized spacial score (nSPS) is 15.2. The molecule has 0 radical (unpaired) electrons. The second-order valence-corrected chi connectivity index (χ2v) is 6.45. The van der Waals surface area contributed by atoms with E-state index in [0.717, 1.165) is 44.7 Å². The van der Waals surface area contributed by atoms with Gasteiger partial charge in [0.15, 0.2) is 0 Å². The summed E-state index contributed by atoms with van der Waals surface area (Å²) in [5.41, 5.74) is 6.94. The number of thiocarbonyl (C=S) groups is 1. The highest BCUT2D eigenvalue weighted by Gasteiger charge is 2.22. The number of nitrogens with two attached hydrogens (primary N) is 1. The molecule has 0 amide bonds. The Kier molecular flexibility index (Phi) is 4.86. The van der Waals surface area contributed by atoms with Crippen molar-refractivity contribution in [3.8, 4) is 5.75 Å². The standard InChI is InChI=1S/C16H24N2OS/c1-16(2,15(17)20)9-5-10-18-11-6-12-19-14-8-4-3-7-13(14)18/h3-4,7-8H,5-6,9-12H2,1-2H3,(H2,17,20). The van der Waals surface area contributed by atoms with E-state index in [9.17, 15) is 0 Å². The van der Waals surface area contributed by atoms with E-state index in [0.29, 0.717) is 4.99 Å². The van der Waals surface area contributed by atoms with Gasteiger partial charge in [-0.25, -0.2) is 0 Å². The molecule has 110 valence electrons. The molecule has 0 saturated heterocycles. The number of benzene rings is 1. The monoisotopic (exact) mass is 292 g/mol. The van der Waals surface area contributed by atoms with Crippen LogP contribution in [0.1, 0.15) is 33.1 Å². The molecule has 4 heteroatoms. The summed E-state index contributed by atoms with van der Waals surface area (Å²) in [6, 6.07) is 8.28. The first-order chi connectivity index (χ1) is 9.50. The summed E-state index contributed by atoms with van der Waals surface area (Å²) < 4.78 is 5.78. The SMILES string of the molecule is CC(C)(CCCN1CCCOc2ccccc21)C(N)=S. The van der Waals surface area contributed by atoms with Gasteiger partial charge in [0.05, 0.1) is 17.3 Å². The summed E-state index contributed by atoms with van der Waals surface area (Å²) >= 11 is 5.13. The van der Waals surface area contributed by atoms with Crippen molar-refractivity contribution in [3.63, 3.8) is 0 Å². The predicted octanol–water partition coefficient (Wildman–Crippen LogP) is 3.37. The molecule has 0 bridgehead atoms. The lowest BCUT2D eigenvalue weighted by atomic mass is 9.88. The van der Waals surface area contributed by atoms with Gasteiger partial charge in [-0.05, 0) is 31.4 Å². The Bertz CT molecular complexity index is 473. The number of rotatable bonds is 5. The Morgan fingerprint density at radius 2 is 2.15 bits per heavy atom. The lowest BCUT2D eigenvalue weighted by molar-refractivity contribution is 0.322. The van der Waals surface area contributed by atoms with E-state index in [2.05, 4.69) is 30.9 Å². The fourth-order valence-electron chi connectivity index (χ4n) is 2.47. The molecule has 1 aliphatic rings. The minimum Gasteiger partial charge on any atom is -0.491 e. The van der Waals surface area contributed by atoms with Crippen LogP contribution in [0.2, 0.25) is 0 Å². The van der Waals surface area contributed by atoms with Gasteiger partial charge in [0, 0.05) is 18.5 Å². The molecule has 1 aromatic rings. The highest BCUT2D eigenvalue weighted by Crippen LogP contribution is 2.31. The van der Waals surface area contributed by atoms with Crippen LogP contribution in [0.25, 0.3) is 0 Å². The number of fused-ring (bicyclic) bond motifs is 1. The summed E-state index contributed by atoms with van der Waals surface area (Å²) in [5, 5.41) is 0. The van der Waals surface area contributed by atoms with Crippen molar-refractivity contribution in [1.82, 2.24) is 0 Å². The average Bonchev–Trinajstić information content (AvgIpc) is 2.61. The molecular formula is C16H24N2OS. The second-order valence-electron chi connectivity index (χ2n) is 6.01. The van der Waals surface area contributed by atoms with E-state index in [4.69, 9.17) is 22.7 Å². The molecule has 1 aliphatic heterocycles. The first kappa shape index (κ1) is 15.1. The van der Waals surface area contributed by atoms with Crippen LogP contribution in [0.4, 0.5) is 5.69 Å². The fourth-order valence-corrected chi connectivity index (χ4v) is 2.57. The topological polar surface area (TPSA) is 38.5 Å². The number of ether oxygens (including phenoxy) is 1. The maximum absolute atomic E-state index is 5.79. The van der Waals surface area contributed by atoms with E-state index in [-0.39, 0.29) is 5.41 Å². The van der Waals surface area contributed by atoms with Crippen molar-refractivity contribution in [2.24, 2.45) is 11.1 Å². The van der Waals surface area contributed by atoms with Gasteiger partial charge in [0.2, 0.25) is 0 Å². The predicted molar refractivity (Wildman–Crippen MR) is 88.6 cm³/mol. The van der Waals surface area contributed by atoms with Crippen LogP contribution in [0, 0.1) is 5.41 Å². The Hall–Kier alpha value is -1.29. The third-order valence-corrected chi connectivity index (χ3v) is 4.49. The molecule has 1 heterocycles. The van der Waals surface area contributed by atoms with Crippen molar-refractivity contribution in [2.75, 3.05) is 24.6 Å². The number of hydrogen-bond donors (Lipinski definition) is 1. The van der Waals surface area contributed by atoms with Crippen molar-refractivity contribution < 1.29 is 4.74 Å². The molecule has 0 unspecified atom stereocenters. The Morgan fingerprint density at radius 3 is 2.90 bits per heavy atom. The molecular weight excluding hydrogens is 268 g/mol. The Morgan fingerprint density at radius 1 is 1.40 bits per heavy atom. The molecule has 0 aliphatic carbocycles. The van der Waals surface area contributed by atoms with Gasteiger partial charge in [0.25, 0.3) is 0 Å². The molecule has 0 aromatic heterocycles. The smallest absolute Gasteiger partial charge is 0.142 e. The van der Waals surface area contributed by atoms with E-state index >= 15 is 0 Å². The Labute approximate surface area is 127 Å². The van der Waals surface area contributed by atoms with E-state index < -0.39 is 0 Å². The van der Waals surface area contributed by atoms with Crippen LogP contribution >= 0.6 is 12.2 Å². The summed E-state index contributed by atoms with van der Waals surface area (Å²) in [6.07, 6.45) is 3.16. The third-order valence-electron chi connectivity index (χ3n) is 3.93. The average molecular weight is 292 g/mol. The quantitative estimate of drug-likeness (QED) is 0.845. The van der Waals surface area contributed by atoms with Gasteiger partial charge in [-0.15, -0.1) is 0 Å². The van der Waals surface area contributed by atoms with Crippen molar-refractivity contribution in [3.05, 3.63) is 24.3 Å². The molecule has 20 heavy (non-hydrogen) atoms. The molecule has 0 saturated carbocycles. The molecule has 2 rings (SSSR count). The van der Waals surface area contributed by atoms with Gasteiger partial charge in [-0.2, -0.15) is 0 Å². The maximum atomic E-state index is 5.79. The van der Waals surface area contributed by atoms with Gasteiger partial charge in [-0.1, -0.05) is 38.2 Å². The zero-order valence-corrected chi connectivity index (χ0v) is 13.2. The van der Waals surface area contributed by atoms with E-state index in [1.165, 1.54) is 5.69 Å². The summed E-state index contributed by atoms with van der Waals surface area (Å²) in [4.78, 5) is 3.02. The van der Waals surface area contributed by atoms with Crippen molar-refractivity contribution in [1.29, 1.82) is 0 Å². The number of para-hydroxylation sites is 2. The number of nitrogens with zero attached hydrogens (tertiary/aromatic N) is 1.